The van der Waals surface area contributed by atoms with Gasteiger partial charge in [-0.1, -0.05) is 6.07 Å². The molecule has 1 aromatic carbocycles. The fourth-order valence-corrected chi connectivity index (χ4v) is 2.77. The summed E-state index contributed by atoms with van der Waals surface area (Å²) in [6, 6.07) is 7.84. The average Bonchev–Trinajstić information content (AvgIpc) is 2.76. The van der Waals surface area contributed by atoms with Crippen LogP contribution in [0.5, 0.6) is 0 Å². The van der Waals surface area contributed by atoms with Crippen molar-refractivity contribution in [1.29, 1.82) is 0 Å². The van der Waals surface area contributed by atoms with E-state index in [0.29, 0.717) is 0 Å². The van der Waals surface area contributed by atoms with Crippen LogP contribution in [0.25, 0.3) is 11.3 Å². The summed E-state index contributed by atoms with van der Waals surface area (Å²) >= 11 is 0. The smallest absolute Gasteiger partial charge is 0.382 e. The van der Waals surface area contributed by atoms with Crippen molar-refractivity contribution in [3.8, 4) is 11.3 Å². The third-order valence-corrected chi connectivity index (χ3v) is 4.39. The lowest BCUT2D eigenvalue weighted by Gasteiger charge is -2.14. The van der Waals surface area contributed by atoms with Crippen molar-refractivity contribution < 1.29 is 36.2 Å². The predicted molar refractivity (Wildman–Crippen MR) is 101 cm³/mol. The Kier molecular flexibility index (Phi) is 6.78. The van der Waals surface area contributed by atoms with Crippen LogP contribution >= 0.6 is 0 Å². The molecule has 0 saturated carbocycles. The van der Waals surface area contributed by atoms with E-state index in [1.54, 1.807) is 0 Å². The van der Waals surface area contributed by atoms with E-state index in [4.69, 9.17) is 0 Å². The Bertz CT molecular complexity index is 1090. The highest BCUT2D eigenvalue weighted by Crippen LogP contribution is 2.28. The van der Waals surface area contributed by atoms with Crippen molar-refractivity contribution in [2.45, 2.75) is 25.3 Å². The zero-order valence-electron chi connectivity index (χ0n) is 16.1. The third-order valence-electron chi connectivity index (χ3n) is 4.39. The predicted octanol–water partition coefficient (Wildman–Crippen LogP) is 4.53. The molecule has 2 N–H and O–H groups in total. The molecule has 1 atom stereocenters. The lowest BCUT2D eigenvalue weighted by atomic mass is 9.99. The number of alkyl halides is 5. The van der Waals surface area contributed by atoms with Gasteiger partial charge in [-0.25, -0.2) is 13.2 Å². The van der Waals surface area contributed by atoms with Gasteiger partial charge in [0.05, 0.1) is 11.9 Å². The lowest BCUT2D eigenvalue weighted by molar-refractivity contribution is -0.141. The maximum atomic E-state index is 13.1. The van der Waals surface area contributed by atoms with Gasteiger partial charge in [-0.3, -0.25) is 14.8 Å². The van der Waals surface area contributed by atoms with Crippen molar-refractivity contribution in [3.05, 3.63) is 83.1 Å². The fraction of sp³-hybridized carbons (Fsp3) is 0.190. The van der Waals surface area contributed by atoms with E-state index < -0.39 is 36.1 Å². The summed E-state index contributed by atoms with van der Waals surface area (Å²) in [6.07, 6.45) is -8.04. The van der Waals surface area contributed by atoms with Crippen LogP contribution in [-0.4, -0.2) is 27.4 Å². The van der Waals surface area contributed by atoms with Gasteiger partial charge in [0.25, 0.3) is 12.3 Å². The molecule has 0 radical (unpaired) electrons. The number of aliphatic hydroxyl groups excluding tert-OH is 1. The van der Waals surface area contributed by atoms with Gasteiger partial charge < -0.3 is 10.4 Å². The molecule has 32 heavy (non-hydrogen) atoms. The first kappa shape index (κ1) is 23.2. The second-order valence-corrected chi connectivity index (χ2v) is 6.72. The van der Waals surface area contributed by atoms with Gasteiger partial charge in [0.15, 0.2) is 0 Å². The molecule has 0 aliphatic carbocycles. The molecule has 0 spiro atoms. The Morgan fingerprint density at radius 2 is 1.78 bits per heavy atom. The molecule has 5 nitrogen and oxygen atoms in total. The van der Waals surface area contributed by atoms with E-state index in [9.17, 15) is 36.2 Å². The average molecular weight is 455 g/mol. The molecule has 0 bridgehead atoms. The number of aromatic nitrogens is 2. The van der Waals surface area contributed by atoms with Crippen LogP contribution < -0.4 is 5.32 Å². The minimum Gasteiger partial charge on any atom is -0.382 e. The second-order valence-electron chi connectivity index (χ2n) is 6.72. The normalized spacial score (nSPS) is 12.6. The van der Waals surface area contributed by atoms with E-state index >= 15 is 0 Å². The molecule has 0 fully saturated rings. The molecule has 168 valence electrons. The minimum atomic E-state index is -4.60. The Balaban J connectivity index is 1.85. The van der Waals surface area contributed by atoms with Crippen molar-refractivity contribution in [2.75, 3.05) is 0 Å². The maximum absolute atomic E-state index is 13.1. The van der Waals surface area contributed by atoms with E-state index in [-0.39, 0.29) is 34.5 Å². The molecule has 2 aromatic heterocycles. The van der Waals surface area contributed by atoms with E-state index in [1.807, 2.05) is 0 Å². The molecule has 11 heteroatoms. The standard InChI is InChI=1S/C21H15F6N3O2/c22-15-2-3-16(28-10-15)12-5-13(18(31)19(23)24)7-14(6-12)20(32)30-9-11-1-4-17(29-8-11)21(25,26)27/h1-8,10,18-19,31H,9H2,(H,30,32). The molecule has 1 unspecified atom stereocenters. The Hall–Kier alpha value is -3.47. The number of carbonyl (C=O) groups excluding carboxylic acids is 1. The van der Waals surface area contributed by atoms with Crippen LogP contribution in [0.3, 0.4) is 0 Å². The van der Waals surface area contributed by atoms with Crippen molar-refractivity contribution in [3.63, 3.8) is 0 Å². The van der Waals surface area contributed by atoms with Gasteiger partial charge in [0, 0.05) is 23.9 Å². The highest BCUT2D eigenvalue weighted by molar-refractivity contribution is 5.95. The van der Waals surface area contributed by atoms with Crippen LogP contribution in [0.4, 0.5) is 26.3 Å². The van der Waals surface area contributed by atoms with Gasteiger partial charge in [0.1, 0.15) is 17.6 Å². The SMILES string of the molecule is O=C(NCc1ccc(C(F)(F)F)nc1)c1cc(-c2ccc(F)cn2)cc(C(O)C(F)F)c1. The zero-order chi connectivity index (χ0) is 23.5. The Morgan fingerprint density at radius 3 is 2.34 bits per heavy atom. The number of benzene rings is 1. The minimum absolute atomic E-state index is 0.108. The molecular formula is C21H15F6N3O2. The molecule has 3 rings (SSSR count). The van der Waals surface area contributed by atoms with E-state index in [2.05, 4.69) is 15.3 Å². The van der Waals surface area contributed by atoms with Crippen LogP contribution in [0.2, 0.25) is 0 Å². The largest absolute Gasteiger partial charge is 0.433 e. The molecule has 0 aliphatic heterocycles. The summed E-state index contributed by atoms with van der Waals surface area (Å²) in [5.41, 5.74) is -0.819. The van der Waals surface area contributed by atoms with E-state index in [1.165, 1.54) is 18.2 Å². The van der Waals surface area contributed by atoms with Gasteiger partial charge in [-0.05, 0) is 47.5 Å². The van der Waals surface area contributed by atoms with Gasteiger partial charge in [-0.15, -0.1) is 0 Å². The highest BCUT2D eigenvalue weighted by atomic mass is 19.4. The quantitative estimate of drug-likeness (QED) is 0.536. The first-order chi connectivity index (χ1) is 15.0. The number of amides is 1. The Labute approximate surface area is 177 Å². The number of halogens is 6. The summed E-state index contributed by atoms with van der Waals surface area (Å²) in [7, 11) is 0. The summed E-state index contributed by atoms with van der Waals surface area (Å²) < 4.78 is 76.9. The number of rotatable bonds is 6. The number of hydrogen-bond acceptors (Lipinski definition) is 4. The second kappa shape index (κ2) is 9.35. The van der Waals surface area contributed by atoms with Crippen molar-refractivity contribution in [2.24, 2.45) is 0 Å². The van der Waals surface area contributed by atoms with Crippen LogP contribution in [0.15, 0.2) is 54.9 Å². The molecular weight excluding hydrogens is 440 g/mol. The zero-order valence-corrected chi connectivity index (χ0v) is 16.1. The van der Waals surface area contributed by atoms with Crippen LogP contribution in [-0.2, 0) is 12.7 Å². The monoisotopic (exact) mass is 455 g/mol. The van der Waals surface area contributed by atoms with Crippen molar-refractivity contribution in [1.82, 2.24) is 15.3 Å². The third kappa shape index (κ3) is 5.61. The summed E-state index contributed by atoms with van der Waals surface area (Å²) in [5.74, 6) is -1.36. The van der Waals surface area contributed by atoms with Gasteiger partial charge >= 0.3 is 6.18 Å². The summed E-state index contributed by atoms with van der Waals surface area (Å²) in [4.78, 5) is 19.7. The number of hydrogen-bond donors (Lipinski definition) is 2. The number of pyridine rings is 2. The molecule has 2 heterocycles. The number of nitrogens with zero attached hydrogens (tertiary/aromatic N) is 2. The molecule has 1 amide bonds. The molecule has 0 saturated heterocycles. The molecule has 3 aromatic rings. The molecule has 0 aliphatic rings. The van der Waals surface area contributed by atoms with E-state index in [0.717, 1.165) is 36.7 Å². The lowest BCUT2D eigenvalue weighted by Crippen LogP contribution is -2.23. The number of carbonyl (C=O) groups is 1. The summed E-state index contributed by atoms with van der Waals surface area (Å²) in [6.45, 7) is -0.185. The maximum Gasteiger partial charge on any atom is 0.433 e. The number of aliphatic hydroxyl groups is 1. The fourth-order valence-electron chi connectivity index (χ4n) is 2.77. The van der Waals surface area contributed by atoms with Crippen molar-refractivity contribution >= 4 is 5.91 Å². The Morgan fingerprint density at radius 1 is 1.03 bits per heavy atom. The topological polar surface area (TPSA) is 75.1 Å². The first-order valence-electron chi connectivity index (χ1n) is 9.08. The summed E-state index contributed by atoms with van der Waals surface area (Å²) in [5, 5.41) is 12.2. The van der Waals surface area contributed by atoms with Crippen LogP contribution in [0, 0.1) is 5.82 Å². The van der Waals surface area contributed by atoms with Gasteiger partial charge in [-0.2, -0.15) is 13.2 Å². The highest BCUT2D eigenvalue weighted by Gasteiger charge is 2.32. The number of nitrogens with one attached hydrogen (secondary N) is 1. The van der Waals surface area contributed by atoms with Gasteiger partial charge in [0.2, 0.25) is 0 Å². The van der Waals surface area contributed by atoms with Crippen LogP contribution in [0.1, 0.15) is 33.3 Å². The first-order valence-corrected chi connectivity index (χ1v) is 9.08.